The molecule has 1 rings (SSSR count). The molecule has 0 aliphatic heterocycles. The molecule has 0 aromatic carbocycles. The molecule has 0 aromatic heterocycles. The summed E-state index contributed by atoms with van der Waals surface area (Å²) >= 11 is 0. The van der Waals surface area contributed by atoms with E-state index in [1.54, 1.807) is 0 Å². The van der Waals surface area contributed by atoms with Crippen LogP contribution in [0, 0.1) is 0 Å². The smallest absolute Gasteiger partial charge is 0.338 e. The van der Waals surface area contributed by atoms with Crippen molar-refractivity contribution >= 4 is 5.97 Å². The fourth-order valence-corrected chi connectivity index (χ4v) is 1.52. The van der Waals surface area contributed by atoms with Crippen LogP contribution in [0.25, 0.3) is 0 Å². The van der Waals surface area contributed by atoms with Crippen LogP contribution >= 0.6 is 0 Å². The normalized spacial score (nSPS) is 17.2. The number of carbonyl (C=O) groups excluding carboxylic acids is 1. The molecule has 0 unspecified atom stereocenters. The number of rotatable bonds is 1. The predicted octanol–water partition coefficient (Wildman–Crippen LogP) is 2.60. The Bertz CT molecular complexity index is 224. The highest BCUT2D eigenvalue weighted by Gasteiger charge is 2.02. The highest BCUT2D eigenvalue weighted by Crippen LogP contribution is 2.20. The van der Waals surface area contributed by atoms with E-state index in [-0.39, 0.29) is 5.97 Å². The Morgan fingerprint density at radius 1 is 1.31 bits per heavy atom. The van der Waals surface area contributed by atoms with Crippen LogP contribution in [0.2, 0.25) is 0 Å². The topological polar surface area (TPSA) is 26.3 Å². The summed E-state index contributed by atoms with van der Waals surface area (Å²) in [5, 5.41) is 0. The van der Waals surface area contributed by atoms with Gasteiger partial charge in [-0.1, -0.05) is 12.8 Å². The van der Waals surface area contributed by atoms with Gasteiger partial charge in [0.1, 0.15) is 0 Å². The number of ether oxygens (including phenoxy) is 1. The molecule has 1 aliphatic carbocycles. The SMILES string of the molecule is COC(=O)C=C=C1CCCCCC1. The third-order valence-electron chi connectivity index (χ3n) is 2.30. The molecule has 2 nitrogen and oxygen atoms in total. The van der Waals surface area contributed by atoms with Gasteiger partial charge in [-0.25, -0.2) is 4.79 Å². The van der Waals surface area contributed by atoms with Crippen molar-refractivity contribution in [3.63, 3.8) is 0 Å². The fraction of sp³-hybridized carbons (Fsp3) is 0.636. The third-order valence-corrected chi connectivity index (χ3v) is 2.30. The summed E-state index contributed by atoms with van der Waals surface area (Å²) in [5.74, 6) is -0.309. The maximum atomic E-state index is 10.8. The zero-order valence-electron chi connectivity index (χ0n) is 8.14. The maximum absolute atomic E-state index is 10.8. The summed E-state index contributed by atoms with van der Waals surface area (Å²) in [4.78, 5) is 10.8. The molecular weight excluding hydrogens is 164 g/mol. The Kier molecular flexibility index (Phi) is 4.34. The minimum atomic E-state index is -0.309. The van der Waals surface area contributed by atoms with E-state index in [4.69, 9.17) is 0 Å². The number of methoxy groups -OCH3 is 1. The summed E-state index contributed by atoms with van der Waals surface area (Å²) in [6.07, 6.45) is 8.67. The van der Waals surface area contributed by atoms with E-state index >= 15 is 0 Å². The number of hydrogen-bond acceptors (Lipinski definition) is 2. The van der Waals surface area contributed by atoms with Gasteiger partial charge in [0, 0.05) is 0 Å². The Hall–Kier alpha value is -1.01. The molecule has 1 aliphatic rings. The predicted molar refractivity (Wildman–Crippen MR) is 51.3 cm³/mol. The largest absolute Gasteiger partial charge is 0.465 e. The van der Waals surface area contributed by atoms with E-state index in [1.807, 2.05) is 0 Å². The van der Waals surface area contributed by atoms with Crippen molar-refractivity contribution in [3.8, 4) is 0 Å². The third kappa shape index (κ3) is 3.95. The first-order chi connectivity index (χ1) is 6.33. The van der Waals surface area contributed by atoms with Gasteiger partial charge in [0.25, 0.3) is 0 Å². The van der Waals surface area contributed by atoms with E-state index < -0.39 is 0 Å². The fourth-order valence-electron chi connectivity index (χ4n) is 1.52. The highest BCUT2D eigenvalue weighted by molar-refractivity contribution is 5.81. The lowest BCUT2D eigenvalue weighted by Crippen LogP contribution is -1.92. The Labute approximate surface area is 79.3 Å². The van der Waals surface area contributed by atoms with Crippen molar-refractivity contribution < 1.29 is 9.53 Å². The summed E-state index contributed by atoms with van der Waals surface area (Å²) in [7, 11) is 1.39. The first-order valence-electron chi connectivity index (χ1n) is 4.85. The van der Waals surface area contributed by atoms with Crippen molar-refractivity contribution in [2.45, 2.75) is 38.5 Å². The molecule has 0 aromatic rings. The molecule has 1 saturated carbocycles. The molecule has 0 bridgehead atoms. The molecule has 0 atom stereocenters. The van der Waals surface area contributed by atoms with Crippen LogP contribution in [0.5, 0.6) is 0 Å². The van der Waals surface area contributed by atoms with Crippen LogP contribution in [0.3, 0.4) is 0 Å². The second-order valence-electron chi connectivity index (χ2n) is 3.33. The molecule has 72 valence electrons. The van der Waals surface area contributed by atoms with Crippen molar-refractivity contribution in [2.24, 2.45) is 0 Å². The molecule has 0 saturated heterocycles. The van der Waals surface area contributed by atoms with Gasteiger partial charge < -0.3 is 4.74 Å². The van der Waals surface area contributed by atoms with Crippen LogP contribution in [-0.4, -0.2) is 13.1 Å². The van der Waals surface area contributed by atoms with Gasteiger partial charge in [0.05, 0.1) is 13.2 Å². The molecule has 0 spiro atoms. The number of hydrogen-bond donors (Lipinski definition) is 0. The van der Waals surface area contributed by atoms with Gasteiger partial charge in [0.2, 0.25) is 0 Å². The van der Waals surface area contributed by atoms with E-state index in [0.29, 0.717) is 0 Å². The van der Waals surface area contributed by atoms with Crippen LogP contribution in [0.1, 0.15) is 38.5 Å². The lowest BCUT2D eigenvalue weighted by Gasteiger charge is -1.95. The van der Waals surface area contributed by atoms with Crippen molar-refractivity contribution in [2.75, 3.05) is 7.11 Å². The molecule has 2 heteroatoms. The minimum absolute atomic E-state index is 0.309. The van der Waals surface area contributed by atoms with Gasteiger partial charge in [0.15, 0.2) is 0 Å². The van der Waals surface area contributed by atoms with Crippen molar-refractivity contribution in [1.29, 1.82) is 0 Å². The second kappa shape index (κ2) is 5.60. The van der Waals surface area contributed by atoms with Gasteiger partial charge >= 0.3 is 5.97 Å². The number of carbonyl (C=O) groups is 1. The minimum Gasteiger partial charge on any atom is -0.465 e. The lowest BCUT2D eigenvalue weighted by atomic mass is 10.1. The first-order valence-corrected chi connectivity index (χ1v) is 4.85. The highest BCUT2D eigenvalue weighted by atomic mass is 16.5. The average Bonchev–Trinajstić information content (AvgIpc) is 2.42. The van der Waals surface area contributed by atoms with Gasteiger partial charge in [-0.3, -0.25) is 0 Å². The van der Waals surface area contributed by atoms with Crippen LogP contribution in [0.4, 0.5) is 0 Å². The monoisotopic (exact) mass is 180 g/mol. The van der Waals surface area contributed by atoms with Crippen LogP contribution in [-0.2, 0) is 9.53 Å². The van der Waals surface area contributed by atoms with E-state index in [2.05, 4.69) is 10.5 Å². The molecule has 0 N–H and O–H groups in total. The summed E-state index contributed by atoms with van der Waals surface area (Å²) in [5.41, 5.74) is 4.30. The van der Waals surface area contributed by atoms with Crippen LogP contribution < -0.4 is 0 Å². The molecular formula is C11H16O2. The van der Waals surface area contributed by atoms with E-state index in [9.17, 15) is 4.79 Å². The maximum Gasteiger partial charge on any atom is 0.338 e. The van der Waals surface area contributed by atoms with E-state index in [0.717, 1.165) is 12.8 Å². The molecule has 0 amide bonds. The quantitative estimate of drug-likeness (QED) is 0.268. The molecule has 13 heavy (non-hydrogen) atoms. The van der Waals surface area contributed by atoms with Gasteiger partial charge in [-0.15, -0.1) is 5.73 Å². The Morgan fingerprint density at radius 2 is 1.92 bits per heavy atom. The number of esters is 1. The standard InChI is InChI=1S/C11H16O2/c1-13-11(12)9-8-10-6-4-2-3-5-7-10/h9H,2-7H2,1H3. The summed E-state index contributed by atoms with van der Waals surface area (Å²) in [6, 6.07) is 0. The van der Waals surface area contributed by atoms with Gasteiger partial charge in [-0.2, -0.15) is 0 Å². The molecule has 0 heterocycles. The Morgan fingerprint density at radius 3 is 2.46 bits per heavy atom. The van der Waals surface area contributed by atoms with E-state index in [1.165, 1.54) is 44.4 Å². The van der Waals surface area contributed by atoms with Gasteiger partial charge in [-0.05, 0) is 31.3 Å². The molecule has 0 radical (unpaired) electrons. The van der Waals surface area contributed by atoms with Crippen molar-refractivity contribution in [3.05, 3.63) is 17.4 Å². The molecule has 1 fully saturated rings. The average molecular weight is 180 g/mol. The second-order valence-corrected chi connectivity index (χ2v) is 3.33. The summed E-state index contributed by atoms with van der Waals surface area (Å²) < 4.78 is 4.50. The summed E-state index contributed by atoms with van der Waals surface area (Å²) in [6.45, 7) is 0. The first kappa shape index (κ1) is 10.1. The Balaban J connectivity index is 2.56. The van der Waals surface area contributed by atoms with Crippen molar-refractivity contribution in [1.82, 2.24) is 0 Å². The zero-order valence-corrected chi connectivity index (χ0v) is 8.14. The lowest BCUT2D eigenvalue weighted by molar-refractivity contribution is -0.134. The van der Waals surface area contributed by atoms with Crippen LogP contribution in [0.15, 0.2) is 17.4 Å². The zero-order chi connectivity index (χ0) is 9.52.